The fourth-order valence-electron chi connectivity index (χ4n) is 0.974. The summed E-state index contributed by atoms with van der Waals surface area (Å²) in [5, 5.41) is 0. The van der Waals surface area contributed by atoms with Crippen LogP contribution in [0, 0.1) is 0 Å². The van der Waals surface area contributed by atoms with Crippen molar-refractivity contribution in [3.8, 4) is 5.75 Å². The first-order chi connectivity index (χ1) is 6.33. The number of benzene rings is 1. The Morgan fingerprint density at radius 1 is 1.36 bits per heavy atom. The Balaban J connectivity index is 0.00000169. The van der Waals surface area contributed by atoms with Crippen LogP contribution in [0.2, 0.25) is 0 Å². The van der Waals surface area contributed by atoms with Crippen molar-refractivity contribution < 1.29 is 4.74 Å². The Kier molecular flexibility index (Phi) is 6.89. The van der Waals surface area contributed by atoms with Gasteiger partial charge in [-0.15, -0.1) is 12.4 Å². The van der Waals surface area contributed by atoms with Crippen LogP contribution in [-0.4, -0.2) is 13.2 Å². The number of halogens is 1. The van der Waals surface area contributed by atoms with Crippen molar-refractivity contribution in [1.82, 2.24) is 0 Å². The van der Waals surface area contributed by atoms with Gasteiger partial charge in [-0.1, -0.05) is 24.3 Å². The van der Waals surface area contributed by atoms with E-state index in [0.29, 0.717) is 13.2 Å². The van der Waals surface area contributed by atoms with Crippen molar-refractivity contribution in [1.29, 1.82) is 0 Å². The first-order valence-electron chi connectivity index (χ1n) is 4.36. The van der Waals surface area contributed by atoms with E-state index in [2.05, 4.69) is 0 Å². The van der Waals surface area contributed by atoms with E-state index in [-0.39, 0.29) is 12.4 Å². The van der Waals surface area contributed by atoms with E-state index in [4.69, 9.17) is 10.5 Å². The van der Waals surface area contributed by atoms with Crippen LogP contribution < -0.4 is 10.5 Å². The number of para-hydroxylation sites is 1. The van der Waals surface area contributed by atoms with Gasteiger partial charge in [0.15, 0.2) is 0 Å². The Morgan fingerprint density at radius 3 is 2.57 bits per heavy atom. The van der Waals surface area contributed by atoms with Crippen LogP contribution in [0.25, 0.3) is 0 Å². The van der Waals surface area contributed by atoms with Gasteiger partial charge in [0.2, 0.25) is 0 Å². The third kappa shape index (κ3) is 4.90. The molecule has 0 unspecified atom stereocenters. The van der Waals surface area contributed by atoms with Crippen LogP contribution >= 0.6 is 12.4 Å². The maximum Gasteiger partial charge on any atom is 0.119 e. The lowest BCUT2D eigenvalue weighted by Gasteiger charge is -2.05. The standard InChI is InChI=1S/C11H15NO.ClH/c1-10(7-8-12)9-13-11-5-3-2-4-6-11;/h2-7H,8-9,12H2,1H3;1H/b10-7+;. The average Bonchev–Trinajstić information content (AvgIpc) is 2.17. The minimum absolute atomic E-state index is 0. The Bertz CT molecular complexity index is 272. The molecule has 0 aliphatic heterocycles. The molecule has 0 aliphatic carbocycles. The first-order valence-corrected chi connectivity index (χ1v) is 4.36. The highest BCUT2D eigenvalue weighted by atomic mass is 35.5. The maximum absolute atomic E-state index is 5.50. The van der Waals surface area contributed by atoms with Crippen LogP contribution in [0.3, 0.4) is 0 Å². The van der Waals surface area contributed by atoms with E-state index in [1.165, 1.54) is 0 Å². The van der Waals surface area contributed by atoms with Crippen molar-refractivity contribution in [2.24, 2.45) is 5.73 Å². The van der Waals surface area contributed by atoms with Gasteiger partial charge in [0.05, 0.1) is 0 Å². The van der Waals surface area contributed by atoms with E-state index < -0.39 is 0 Å². The Labute approximate surface area is 91.2 Å². The second-order valence-electron chi connectivity index (χ2n) is 2.89. The molecule has 0 saturated carbocycles. The monoisotopic (exact) mass is 213 g/mol. The largest absolute Gasteiger partial charge is 0.489 e. The third-order valence-corrected chi connectivity index (χ3v) is 1.68. The quantitative estimate of drug-likeness (QED) is 0.780. The summed E-state index contributed by atoms with van der Waals surface area (Å²) < 4.78 is 5.50. The SMILES string of the molecule is C/C(=C\CN)COc1ccccc1.Cl. The molecule has 0 fully saturated rings. The summed E-state index contributed by atoms with van der Waals surface area (Å²) in [6.07, 6.45) is 1.96. The molecular formula is C11H16ClNO. The molecule has 2 nitrogen and oxygen atoms in total. The van der Waals surface area contributed by atoms with Crippen molar-refractivity contribution in [2.45, 2.75) is 6.92 Å². The maximum atomic E-state index is 5.50. The Hall–Kier alpha value is -0.990. The van der Waals surface area contributed by atoms with E-state index >= 15 is 0 Å². The Morgan fingerprint density at radius 2 is 2.00 bits per heavy atom. The molecule has 2 N–H and O–H groups in total. The highest BCUT2D eigenvalue weighted by molar-refractivity contribution is 5.85. The summed E-state index contributed by atoms with van der Waals surface area (Å²) in [6.45, 7) is 3.20. The summed E-state index contributed by atoms with van der Waals surface area (Å²) in [7, 11) is 0. The molecule has 1 rings (SSSR count). The minimum atomic E-state index is 0. The van der Waals surface area contributed by atoms with Gasteiger partial charge in [-0.3, -0.25) is 0 Å². The van der Waals surface area contributed by atoms with Crippen LogP contribution in [-0.2, 0) is 0 Å². The molecule has 0 radical (unpaired) electrons. The zero-order valence-electron chi connectivity index (χ0n) is 8.27. The van der Waals surface area contributed by atoms with Gasteiger partial charge in [-0.2, -0.15) is 0 Å². The highest BCUT2D eigenvalue weighted by Crippen LogP contribution is 2.09. The van der Waals surface area contributed by atoms with Crippen LogP contribution in [0.1, 0.15) is 6.92 Å². The molecule has 0 bridgehead atoms. The van der Waals surface area contributed by atoms with Gasteiger partial charge in [0.25, 0.3) is 0 Å². The lowest BCUT2D eigenvalue weighted by molar-refractivity contribution is 0.352. The lowest BCUT2D eigenvalue weighted by atomic mass is 10.3. The molecule has 0 amide bonds. The number of rotatable bonds is 4. The molecule has 0 saturated heterocycles. The zero-order chi connectivity index (χ0) is 9.52. The van der Waals surface area contributed by atoms with Gasteiger partial charge >= 0.3 is 0 Å². The minimum Gasteiger partial charge on any atom is -0.489 e. The summed E-state index contributed by atoms with van der Waals surface area (Å²) in [5.74, 6) is 0.896. The molecule has 1 aromatic carbocycles. The summed E-state index contributed by atoms with van der Waals surface area (Å²) in [5.41, 5.74) is 6.53. The average molecular weight is 214 g/mol. The van der Waals surface area contributed by atoms with Crippen LogP contribution in [0.5, 0.6) is 5.75 Å². The van der Waals surface area contributed by atoms with Crippen LogP contribution in [0.4, 0.5) is 0 Å². The van der Waals surface area contributed by atoms with E-state index in [0.717, 1.165) is 11.3 Å². The number of ether oxygens (including phenoxy) is 1. The molecule has 0 atom stereocenters. The van der Waals surface area contributed by atoms with Crippen LogP contribution in [0.15, 0.2) is 42.0 Å². The second kappa shape index (κ2) is 7.42. The third-order valence-electron chi connectivity index (χ3n) is 1.68. The summed E-state index contributed by atoms with van der Waals surface area (Å²) in [6, 6.07) is 9.76. The highest BCUT2D eigenvalue weighted by Gasteiger charge is 1.91. The smallest absolute Gasteiger partial charge is 0.119 e. The van der Waals surface area contributed by atoms with E-state index in [9.17, 15) is 0 Å². The molecule has 1 aromatic rings. The topological polar surface area (TPSA) is 35.2 Å². The molecule has 3 heteroatoms. The van der Waals surface area contributed by atoms with Gasteiger partial charge < -0.3 is 10.5 Å². The lowest BCUT2D eigenvalue weighted by Crippen LogP contribution is -2.02. The van der Waals surface area contributed by atoms with E-state index in [1.807, 2.05) is 43.3 Å². The van der Waals surface area contributed by atoms with Gasteiger partial charge in [-0.05, 0) is 24.6 Å². The zero-order valence-corrected chi connectivity index (χ0v) is 9.09. The van der Waals surface area contributed by atoms with Crippen molar-refractivity contribution in [3.05, 3.63) is 42.0 Å². The summed E-state index contributed by atoms with van der Waals surface area (Å²) >= 11 is 0. The fourth-order valence-corrected chi connectivity index (χ4v) is 0.974. The predicted octanol–water partition coefficient (Wildman–Crippen LogP) is 2.39. The molecule has 0 spiro atoms. The second-order valence-corrected chi connectivity index (χ2v) is 2.89. The van der Waals surface area contributed by atoms with Crippen molar-refractivity contribution in [3.63, 3.8) is 0 Å². The van der Waals surface area contributed by atoms with Gasteiger partial charge in [-0.25, -0.2) is 0 Å². The number of nitrogens with two attached hydrogens (primary N) is 1. The van der Waals surface area contributed by atoms with E-state index in [1.54, 1.807) is 0 Å². The predicted molar refractivity (Wildman–Crippen MR) is 62.0 cm³/mol. The normalized spacial score (nSPS) is 10.6. The first kappa shape index (κ1) is 13.0. The fraction of sp³-hybridized carbons (Fsp3) is 0.273. The molecule has 0 aliphatic rings. The number of hydrogen-bond acceptors (Lipinski definition) is 2. The van der Waals surface area contributed by atoms with Gasteiger partial charge in [0.1, 0.15) is 12.4 Å². The molecule has 0 heterocycles. The van der Waals surface area contributed by atoms with Crippen molar-refractivity contribution in [2.75, 3.05) is 13.2 Å². The molecular weight excluding hydrogens is 198 g/mol. The molecule has 78 valence electrons. The summed E-state index contributed by atoms with van der Waals surface area (Å²) in [4.78, 5) is 0. The number of hydrogen-bond donors (Lipinski definition) is 1. The molecule has 0 aromatic heterocycles. The van der Waals surface area contributed by atoms with Gasteiger partial charge in [0, 0.05) is 6.54 Å². The molecule has 14 heavy (non-hydrogen) atoms. The van der Waals surface area contributed by atoms with Crippen molar-refractivity contribution >= 4 is 12.4 Å².